The van der Waals surface area contributed by atoms with Crippen LogP contribution in [0.4, 0.5) is 11.5 Å². The molecular weight excluding hydrogens is 376 g/mol. The number of nitrogens with one attached hydrogen (secondary N) is 2. The van der Waals surface area contributed by atoms with Gasteiger partial charge in [-0.2, -0.15) is 0 Å². The second-order valence-corrected chi connectivity index (χ2v) is 7.68. The Hall–Kier alpha value is -3.48. The van der Waals surface area contributed by atoms with Gasteiger partial charge in [-0.05, 0) is 56.5 Å². The molecule has 3 aromatic heterocycles. The van der Waals surface area contributed by atoms with Crippen LogP contribution in [0.5, 0.6) is 0 Å². The number of nitrogens with zero attached hydrogens (tertiary/aromatic N) is 4. The van der Waals surface area contributed by atoms with E-state index in [0.717, 1.165) is 53.5 Å². The molecule has 0 aromatic carbocycles. The highest BCUT2D eigenvalue weighted by Crippen LogP contribution is 2.29. The molecule has 0 saturated carbocycles. The molecule has 1 aliphatic heterocycles. The van der Waals surface area contributed by atoms with Crippen molar-refractivity contribution in [2.75, 3.05) is 18.4 Å². The van der Waals surface area contributed by atoms with Crippen molar-refractivity contribution in [2.24, 2.45) is 0 Å². The number of hydrogen-bond donors (Lipinski definition) is 2. The van der Waals surface area contributed by atoms with Gasteiger partial charge in [-0.3, -0.25) is 9.78 Å². The highest BCUT2D eigenvalue weighted by molar-refractivity contribution is 5.91. The minimum Gasteiger partial charge on any atom is -0.345 e. The molecule has 1 aliphatic rings. The number of imidazole rings is 1. The quantitative estimate of drug-likeness (QED) is 0.631. The van der Waals surface area contributed by atoms with Gasteiger partial charge in [0.25, 0.3) is 0 Å². The van der Waals surface area contributed by atoms with Crippen LogP contribution in [0.25, 0.3) is 6.08 Å². The van der Waals surface area contributed by atoms with Crippen LogP contribution in [0.1, 0.15) is 41.4 Å². The van der Waals surface area contributed by atoms with Gasteiger partial charge in [0.15, 0.2) is 0 Å². The maximum absolute atomic E-state index is 12.6. The third-order valence-corrected chi connectivity index (χ3v) is 5.32. The zero-order valence-corrected chi connectivity index (χ0v) is 17.3. The summed E-state index contributed by atoms with van der Waals surface area (Å²) in [5, 5.41) is 3.41. The van der Waals surface area contributed by atoms with Crippen molar-refractivity contribution in [3.63, 3.8) is 0 Å². The molecule has 30 heavy (non-hydrogen) atoms. The maximum atomic E-state index is 12.6. The topological polar surface area (TPSA) is 86.8 Å². The number of carbonyl (C=O) groups excluding carboxylic acids is 1. The molecule has 4 heterocycles. The first kappa shape index (κ1) is 19.8. The van der Waals surface area contributed by atoms with Gasteiger partial charge in [-0.25, -0.2) is 9.97 Å². The van der Waals surface area contributed by atoms with Crippen LogP contribution in [0, 0.1) is 13.8 Å². The summed E-state index contributed by atoms with van der Waals surface area (Å²) in [5.74, 6) is 1.08. The van der Waals surface area contributed by atoms with Crippen molar-refractivity contribution >= 4 is 23.5 Å². The van der Waals surface area contributed by atoms with E-state index in [9.17, 15) is 4.79 Å². The molecule has 4 rings (SSSR count). The number of pyridine rings is 2. The summed E-state index contributed by atoms with van der Waals surface area (Å²) in [7, 11) is 0. The molecule has 0 radical (unpaired) electrons. The Labute approximate surface area is 176 Å². The van der Waals surface area contributed by atoms with E-state index in [4.69, 9.17) is 4.98 Å². The molecule has 2 N–H and O–H groups in total. The summed E-state index contributed by atoms with van der Waals surface area (Å²) >= 11 is 0. The first-order valence-electron chi connectivity index (χ1n) is 10.2. The Morgan fingerprint density at radius 1 is 1.33 bits per heavy atom. The summed E-state index contributed by atoms with van der Waals surface area (Å²) in [6.07, 6.45) is 10.4. The van der Waals surface area contributed by atoms with Crippen molar-refractivity contribution < 1.29 is 4.79 Å². The lowest BCUT2D eigenvalue weighted by Crippen LogP contribution is -2.38. The van der Waals surface area contributed by atoms with Crippen LogP contribution in [-0.2, 0) is 4.79 Å². The number of likely N-dealkylation sites (tertiary alicyclic amines) is 1. The van der Waals surface area contributed by atoms with Gasteiger partial charge in [-0.1, -0.05) is 6.07 Å². The van der Waals surface area contributed by atoms with Crippen LogP contribution in [0.15, 0.2) is 49.1 Å². The van der Waals surface area contributed by atoms with Gasteiger partial charge < -0.3 is 15.2 Å². The second-order valence-electron chi connectivity index (χ2n) is 7.68. The first-order chi connectivity index (χ1) is 14.6. The fraction of sp³-hybridized carbons (Fsp3) is 0.304. The fourth-order valence-electron chi connectivity index (χ4n) is 3.77. The van der Waals surface area contributed by atoms with E-state index < -0.39 is 0 Å². The summed E-state index contributed by atoms with van der Waals surface area (Å²) in [6, 6.07) is 8.07. The Bertz CT molecular complexity index is 1040. The SMILES string of the molecule is Cc1cc(Nc2ncccc2C)cc([C@@H]2CCCN(C(=O)/C=C/c3cnc[nH]3)C2)n1. The Kier molecular flexibility index (Phi) is 5.88. The normalized spacial score (nSPS) is 16.7. The van der Waals surface area contributed by atoms with Crippen LogP contribution < -0.4 is 5.32 Å². The number of aromatic nitrogens is 4. The molecule has 0 unspecified atom stereocenters. The number of rotatable bonds is 5. The second kappa shape index (κ2) is 8.90. The van der Waals surface area contributed by atoms with E-state index >= 15 is 0 Å². The third kappa shape index (κ3) is 4.74. The predicted molar refractivity (Wildman–Crippen MR) is 117 cm³/mol. The largest absolute Gasteiger partial charge is 0.345 e. The Balaban J connectivity index is 1.48. The molecule has 0 spiro atoms. The van der Waals surface area contributed by atoms with E-state index in [0.29, 0.717) is 6.54 Å². The smallest absolute Gasteiger partial charge is 0.246 e. The number of anilines is 2. The molecule has 1 amide bonds. The van der Waals surface area contributed by atoms with E-state index in [1.165, 1.54) is 0 Å². The van der Waals surface area contributed by atoms with Crippen molar-refractivity contribution in [1.82, 2.24) is 24.8 Å². The average Bonchev–Trinajstić information content (AvgIpc) is 3.27. The number of piperidine rings is 1. The third-order valence-electron chi connectivity index (χ3n) is 5.32. The molecule has 0 bridgehead atoms. The van der Waals surface area contributed by atoms with E-state index in [1.54, 1.807) is 30.9 Å². The van der Waals surface area contributed by atoms with E-state index in [1.807, 2.05) is 36.9 Å². The fourth-order valence-corrected chi connectivity index (χ4v) is 3.77. The van der Waals surface area contributed by atoms with Crippen molar-refractivity contribution in [1.29, 1.82) is 0 Å². The number of aryl methyl sites for hydroxylation is 2. The van der Waals surface area contributed by atoms with Gasteiger partial charge in [0.2, 0.25) is 5.91 Å². The van der Waals surface area contributed by atoms with E-state index in [2.05, 4.69) is 26.3 Å². The lowest BCUT2D eigenvalue weighted by molar-refractivity contribution is -0.127. The average molecular weight is 403 g/mol. The molecule has 7 nitrogen and oxygen atoms in total. The minimum absolute atomic E-state index is 0.0180. The minimum atomic E-state index is 0.0180. The first-order valence-corrected chi connectivity index (χ1v) is 10.2. The number of aromatic amines is 1. The predicted octanol–water partition coefficient (Wildman–Crippen LogP) is 3.98. The standard InChI is InChI=1S/C23H26N6O/c1-16-5-3-9-25-23(16)28-20-11-17(2)27-21(12-20)18-6-4-10-29(14-18)22(30)8-7-19-13-24-15-26-19/h3,5,7-9,11-13,15,18H,4,6,10,14H2,1-2H3,(H,24,26)(H,25,27,28)/b8-7+/t18-/m1/s1. The monoisotopic (exact) mass is 402 g/mol. The Morgan fingerprint density at radius 3 is 3.03 bits per heavy atom. The molecule has 0 aliphatic carbocycles. The Morgan fingerprint density at radius 2 is 2.23 bits per heavy atom. The number of H-pyrrole nitrogens is 1. The van der Waals surface area contributed by atoms with Crippen molar-refractivity contribution in [2.45, 2.75) is 32.6 Å². The number of carbonyl (C=O) groups is 1. The zero-order chi connectivity index (χ0) is 20.9. The van der Waals surface area contributed by atoms with Gasteiger partial charge in [0.05, 0.1) is 18.2 Å². The molecule has 1 atom stereocenters. The van der Waals surface area contributed by atoms with Crippen molar-refractivity contribution in [3.05, 3.63) is 71.7 Å². The zero-order valence-electron chi connectivity index (χ0n) is 17.3. The molecule has 154 valence electrons. The van der Waals surface area contributed by atoms with Crippen LogP contribution in [-0.4, -0.2) is 43.8 Å². The highest BCUT2D eigenvalue weighted by atomic mass is 16.2. The van der Waals surface area contributed by atoms with Gasteiger partial charge in [0, 0.05) is 48.4 Å². The number of amides is 1. The molecular formula is C23H26N6O. The maximum Gasteiger partial charge on any atom is 0.246 e. The van der Waals surface area contributed by atoms with E-state index in [-0.39, 0.29) is 11.8 Å². The summed E-state index contributed by atoms with van der Waals surface area (Å²) in [5.41, 5.74) is 4.85. The van der Waals surface area contributed by atoms with Crippen LogP contribution in [0.2, 0.25) is 0 Å². The molecule has 1 saturated heterocycles. The summed E-state index contributed by atoms with van der Waals surface area (Å²) in [6.45, 7) is 5.47. The highest BCUT2D eigenvalue weighted by Gasteiger charge is 2.25. The molecule has 1 fully saturated rings. The summed E-state index contributed by atoms with van der Waals surface area (Å²) in [4.78, 5) is 30.7. The number of hydrogen-bond acceptors (Lipinski definition) is 5. The van der Waals surface area contributed by atoms with Gasteiger partial charge in [0.1, 0.15) is 5.82 Å². The lowest BCUT2D eigenvalue weighted by atomic mass is 9.93. The molecule has 3 aromatic rings. The lowest BCUT2D eigenvalue weighted by Gasteiger charge is -2.32. The van der Waals surface area contributed by atoms with Crippen LogP contribution in [0.3, 0.4) is 0 Å². The summed E-state index contributed by atoms with van der Waals surface area (Å²) < 4.78 is 0. The van der Waals surface area contributed by atoms with Gasteiger partial charge >= 0.3 is 0 Å². The molecule has 7 heteroatoms. The van der Waals surface area contributed by atoms with Crippen LogP contribution >= 0.6 is 0 Å². The van der Waals surface area contributed by atoms with Gasteiger partial charge in [-0.15, -0.1) is 0 Å². The van der Waals surface area contributed by atoms with Crippen molar-refractivity contribution in [3.8, 4) is 0 Å².